The number of ether oxygens (including phenoxy) is 1. The van der Waals surface area contributed by atoms with Gasteiger partial charge in [0, 0.05) is 18.4 Å². The highest BCUT2D eigenvalue weighted by molar-refractivity contribution is 5.81. The molecule has 1 unspecified atom stereocenters. The Kier molecular flexibility index (Phi) is 5.66. The van der Waals surface area contributed by atoms with E-state index in [1.54, 1.807) is 0 Å². The van der Waals surface area contributed by atoms with Gasteiger partial charge in [0.1, 0.15) is 23.9 Å². The molecule has 1 aliphatic rings. The molecule has 1 aliphatic heterocycles. The summed E-state index contributed by atoms with van der Waals surface area (Å²) in [6.45, 7) is 6.02. The van der Waals surface area contributed by atoms with Crippen LogP contribution in [0.15, 0.2) is 54.6 Å². The Morgan fingerprint density at radius 2 is 1.69 bits per heavy atom. The van der Waals surface area contributed by atoms with E-state index < -0.39 is 23.6 Å². The topological polar surface area (TPSA) is 89.6 Å². The predicted octanol–water partition coefficient (Wildman–Crippen LogP) is 4.25. The van der Waals surface area contributed by atoms with Crippen LogP contribution in [-0.4, -0.2) is 33.2 Å². The summed E-state index contributed by atoms with van der Waals surface area (Å²) in [5.41, 5.74) is 6.88. The molecular weight excluding hydrogens is 368 g/mol. The number of carbonyl (C=O) groups is 2. The molecule has 0 radical (unpaired) electrons. The van der Waals surface area contributed by atoms with E-state index in [1.807, 2.05) is 75.4 Å². The quantitative estimate of drug-likeness (QED) is 0.738. The third kappa shape index (κ3) is 3.72. The molecule has 3 atom stereocenters. The normalized spacial score (nSPS) is 24.2. The number of rotatable bonds is 5. The number of benzene rings is 2. The second-order valence-electron chi connectivity index (χ2n) is 8.59. The Balaban J connectivity index is 1.88. The van der Waals surface area contributed by atoms with Crippen molar-refractivity contribution in [3.63, 3.8) is 0 Å². The Labute approximate surface area is 171 Å². The van der Waals surface area contributed by atoms with Crippen molar-refractivity contribution in [2.75, 3.05) is 0 Å². The summed E-state index contributed by atoms with van der Waals surface area (Å²) in [4.78, 5) is 24.7. The van der Waals surface area contributed by atoms with Crippen molar-refractivity contribution in [3.8, 4) is 5.75 Å². The fourth-order valence-corrected chi connectivity index (χ4v) is 4.70. The van der Waals surface area contributed by atoms with Crippen LogP contribution in [0.5, 0.6) is 5.75 Å². The highest BCUT2D eigenvalue weighted by atomic mass is 16.5. The SMILES string of the molecule is CC(C)(C)[N+]1(C(=O)O)[C@H](C(N)=O)CC[C@H]1c1ccc(OCc2ccccc2)cc1. The van der Waals surface area contributed by atoms with Crippen molar-refractivity contribution in [2.45, 2.75) is 57.8 Å². The number of hydrogen-bond acceptors (Lipinski definition) is 3. The second kappa shape index (κ2) is 7.87. The minimum absolute atomic E-state index is 0.354. The van der Waals surface area contributed by atoms with Gasteiger partial charge in [0.25, 0.3) is 5.91 Å². The number of hydrogen-bond donors (Lipinski definition) is 2. The van der Waals surface area contributed by atoms with Crippen molar-refractivity contribution < 1.29 is 23.9 Å². The largest absolute Gasteiger partial charge is 0.515 e. The number of likely N-dealkylation sites (tertiary alicyclic amines) is 1. The van der Waals surface area contributed by atoms with Gasteiger partial charge >= 0.3 is 6.09 Å². The summed E-state index contributed by atoms with van der Waals surface area (Å²) in [6.07, 6.45) is 0.0187. The van der Waals surface area contributed by atoms with Crippen LogP contribution >= 0.6 is 0 Å². The molecule has 6 nitrogen and oxygen atoms in total. The average Bonchev–Trinajstić information content (AvgIpc) is 3.10. The second-order valence-corrected chi connectivity index (χ2v) is 8.59. The van der Waals surface area contributed by atoms with Gasteiger partial charge in [-0.1, -0.05) is 30.3 Å². The van der Waals surface area contributed by atoms with Gasteiger partial charge in [-0.15, -0.1) is 0 Å². The first-order valence-corrected chi connectivity index (χ1v) is 9.86. The highest BCUT2D eigenvalue weighted by Gasteiger charge is 2.64. The lowest BCUT2D eigenvalue weighted by molar-refractivity contribution is -0.933. The van der Waals surface area contributed by atoms with Gasteiger partial charge in [0.15, 0.2) is 6.04 Å². The number of primary amides is 1. The molecule has 0 bridgehead atoms. The Morgan fingerprint density at radius 1 is 1.07 bits per heavy atom. The summed E-state index contributed by atoms with van der Waals surface area (Å²) in [5.74, 6) is 0.152. The van der Waals surface area contributed by atoms with Gasteiger partial charge in [0.05, 0.1) is 0 Å². The lowest BCUT2D eigenvalue weighted by atomic mass is 9.94. The molecule has 1 heterocycles. The van der Waals surface area contributed by atoms with E-state index in [0.717, 1.165) is 11.1 Å². The van der Waals surface area contributed by atoms with E-state index in [1.165, 1.54) is 0 Å². The molecule has 0 spiro atoms. The zero-order valence-corrected chi connectivity index (χ0v) is 17.2. The van der Waals surface area contributed by atoms with Gasteiger partial charge in [0.2, 0.25) is 0 Å². The van der Waals surface area contributed by atoms with Crippen molar-refractivity contribution in [1.82, 2.24) is 0 Å². The minimum Gasteiger partial charge on any atom is -0.489 e. The summed E-state index contributed by atoms with van der Waals surface area (Å²) in [7, 11) is 0. The molecule has 29 heavy (non-hydrogen) atoms. The van der Waals surface area contributed by atoms with Gasteiger partial charge in [-0.05, 0) is 50.6 Å². The van der Waals surface area contributed by atoms with E-state index >= 15 is 0 Å². The molecule has 3 N–H and O–H groups in total. The number of quaternary nitrogens is 1. The molecule has 1 saturated heterocycles. The van der Waals surface area contributed by atoms with Crippen LogP contribution in [0.3, 0.4) is 0 Å². The fraction of sp³-hybridized carbons (Fsp3) is 0.391. The van der Waals surface area contributed by atoms with E-state index in [9.17, 15) is 14.7 Å². The zero-order valence-electron chi connectivity index (χ0n) is 17.2. The number of amides is 2. The maximum atomic E-state index is 12.5. The number of nitrogens with two attached hydrogens (primary N) is 1. The first-order chi connectivity index (χ1) is 13.7. The predicted molar refractivity (Wildman–Crippen MR) is 110 cm³/mol. The lowest BCUT2D eigenvalue weighted by Gasteiger charge is -2.47. The van der Waals surface area contributed by atoms with E-state index in [-0.39, 0.29) is 10.5 Å². The summed E-state index contributed by atoms with van der Waals surface area (Å²) in [6, 6.07) is 16.3. The molecule has 3 rings (SSSR count). The number of carboxylic acid groups (broad SMARTS) is 1. The maximum Gasteiger partial charge on any atom is 0.515 e. The molecule has 154 valence electrons. The van der Waals surface area contributed by atoms with Crippen LogP contribution in [0.4, 0.5) is 4.79 Å². The molecular formula is C23H29N2O4+. The lowest BCUT2D eigenvalue weighted by Crippen LogP contribution is -2.69. The molecule has 0 aliphatic carbocycles. The van der Waals surface area contributed by atoms with E-state index in [0.29, 0.717) is 25.2 Å². The van der Waals surface area contributed by atoms with Crippen LogP contribution < -0.4 is 10.5 Å². The van der Waals surface area contributed by atoms with Crippen LogP contribution in [0.2, 0.25) is 0 Å². The molecule has 1 fully saturated rings. The molecule has 2 aromatic carbocycles. The van der Waals surface area contributed by atoms with Crippen LogP contribution in [-0.2, 0) is 11.4 Å². The molecule has 2 amide bonds. The number of nitrogens with zero attached hydrogens (tertiary/aromatic N) is 1. The first kappa shape index (κ1) is 20.9. The monoisotopic (exact) mass is 397 g/mol. The van der Waals surface area contributed by atoms with Crippen LogP contribution in [0.25, 0.3) is 0 Å². The van der Waals surface area contributed by atoms with Crippen molar-refractivity contribution in [1.29, 1.82) is 0 Å². The van der Waals surface area contributed by atoms with Gasteiger partial charge in [-0.2, -0.15) is 4.79 Å². The standard InChI is InChI=1S/C23H28N2O4/c1-23(2,3)25(22(27)28)19(13-14-20(25)21(24)26)17-9-11-18(12-10-17)29-15-16-7-5-4-6-8-16/h4-12,19-20H,13-15H2,1-3H3,(H2-,24,26,27,28)/p+1/t19-,20-,25?/m0/s1. The van der Waals surface area contributed by atoms with Crippen molar-refractivity contribution in [3.05, 3.63) is 65.7 Å². The molecule has 0 aromatic heterocycles. The molecule has 6 heteroatoms. The Morgan fingerprint density at radius 3 is 2.21 bits per heavy atom. The third-order valence-electron chi connectivity index (χ3n) is 5.96. The maximum absolute atomic E-state index is 12.5. The third-order valence-corrected chi connectivity index (χ3v) is 5.96. The smallest absolute Gasteiger partial charge is 0.489 e. The Bertz CT molecular complexity index is 874. The molecule has 0 saturated carbocycles. The first-order valence-electron chi connectivity index (χ1n) is 9.86. The fourth-order valence-electron chi connectivity index (χ4n) is 4.70. The van der Waals surface area contributed by atoms with Crippen molar-refractivity contribution >= 4 is 12.0 Å². The van der Waals surface area contributed by atoms with Gasteiger partial charge < -0.3 is 15.6 Å². The van der Waals surface area contributed by atoms with Gasteiger partial charge in [-0.3, -0.25) is 4.79 Å². The average molecular weight is 397 g/mol. The van der Waals surface area contributed by atoms with Gasteiger partial charge in [-0.25, -0.2) is 4.48 Å². The summed E-state index contributed by atoms with van der Waals surface area (Å²) >= 11 is 0. The van der Waals surface area contributed by atoms with Crippen LogP contribution in [0.1, 0.15) is 50.8 Å². The summed E-state index contributed by atoms with van der Waals surface area (Å²) < 4.78 is 5.46. The summed E-state index contributed by atoms with van der Waals surface area (Å²) in [5, 5.41) is 10.3. The minimum atomic E-state index is -1.02. The Hall–Kier alpha value is -2.86. The molecule has 2 aromatic rings. The van der Waals surface area contributed by atoms with E-state index in [4.69, 9.17) is 10.5 Å². The number of carbonyl (C=O) groups excluding carboxylic acids is 1. The van der Waals surface area contributed by atoms with Crippen LogP contribution in [0, 0.1) is 0 Å². The zero-order chi connectivity index (χ0) is 21.2. The van der Waals surface area contributed by atoms with E-state index in [2.05, 4.69) is 0 Å². The van der Waals surface area contributed by atoms with Crippen molar-refractivity contribution in [2.24, 2.45) is 5.73 Å². The highest BCUT2D eigenvalue weighted by Crippen LogP contribution is 2.49.